The Morgan fingerprint density at radius 1 is 1.00 bits per heavy atom. The third-order valence-electron chi connectivity index (χ3n) is 3.43. The molecule has 0 aromatic heterocycles. The highest BCUT2D eigenvalue weighted by atomic mass is 19.1. The Morgan fingerprint density at radius 3 is 2.37 bits per heavy atom. The molecule has 0 saturated heterocycles. The van der Waals surface area contributed by atoms with E-state index in [2.05, 4.69) is 37.4 Å². The molecule has 0 unspecified atom stereocenters. The predicted molar refractivity (Wildman–Crippen MR) is 77.7 cm³/mol. The first kappa shape index (κ1) is 13.8. The van der Waals surface area contributed by atoms with E-state index in [0.717, 1.165) is 25.1 Å². The van der Waals surface area contributed by atoms with Crippen LogP contribution in [0.4, 0.5) is 4.39 Å². The number of benzene rings is 2. The maximum atomic E-state index is 13.0. The van der Waals surface area contributed by atoms with Crippen molar-refractivity contribution < 1.29 is 4.39 Å². The topological polar surface area (TPSA) is 12.0 Å². The number of halogens is 1. The molecule has 1 N–H and O–H groups in total. The minimum atomic E-state index is -0.160. The standard InChI is InChI=1S/C17H20FN/c1-13-5-3-6-14(2)17(13)12-19-10-9-15-7-4-8-16(18)11-15/h3-8,11,19H,9-10,12H2,1-2H3. The van der Waals surface area contributed by atoms with E-state index in [1.807, 2.05) is 6.07 Å². The Balaban J connectivity index is 1.84. The summed E-state index contributed by atoms with van der Waals surface area (Å²) in [5.74, 6) is -0.160. The fraction of sp³-hybridized carbons (Fsp3) is 0.294. The van der Waals surface area contributed by atoms with Crippen molar-refractivity contribution in [1.29, 1.82) is 0 Å². The van der Waals surface area contributed by atoms with Crippen molar-refractivity contribution in [2.75, 3.05) is 6.54 Å². The number of hydrogen-bond acceptors (Lipinski definition) is 1. The predicted octanol–water partition coefficient (Wildman–Crippen LogP) is 3.77. The first-order valence-corrected chi connectivity index (χ1v) is 6.67. The van der Waals surface area contributed by atoms with E-state index < -0.39 is 0 Å². The van der Waals surface area contributed by atoms with Crippen molar-refractivity contribution in [1.82, 2.24) is 5.32 Å². The zero-order chi connectivity index (χ0) is 13.7. The van der Waals surface area contributed by atoms with Crippen molar-refractivity contribution in [3.63, 3.8) is 0 Å². The van der Waals surface area contributed by atoms with Crippen molar-refractivity contribution in [3.05, 3.63) is 70.5 Å². The minimum Gasteiger partial charge on any atom is -0.312 e. The van der Waals surface area contributed by atoms with Gasteiger partial charge in [0.2, 0.25) is 0 Å². The van der Waals surface area contributed by atoms with Crippen molar-refractivity contribution in [3.8, 4) is 0 Å². The third-order valence-corrected chi connectivity index (χ3v) is 3.43. The van der Waals surface area contributed by atoms with Crippen LogP contribution in [0.3, 0.4) is 0 Å². The van der Waals surface area contributed by atoms with Gasteiger partial charge < -0.3 is 5.32 Å². The zero-order valence-electron chi connectivity index (χ0n) is 11.5. The maximum Gasteiger partial charge on any atom is 0.123 e. The molecule has 0 aliphatic carbocycles. The molecule has 0 aliphatic heterocycles. The lowest BCUT2D eigenvalue weighted by atomic mass is 10.0. The highest BCUT2D eigenvalue weighted by molar-refractivity contribution is 5.33. The summed E-state index contributed by atoms with van der Waals surface area (Å²) in [6.45, 7) is 6.00. The Bertz CT molecular complexity index is 528. The molecule has 2 heteroatoms. The monoisotopic (exact) mass is 257 g/mol. The van der Waals surface area contributed by atoms with Crippen LogP contribution in [-0.4, -0.2) is 6.54 Å². The van der Waals surface area contributed by atoms with Gasteiger partial charge in [-0.2, -0.15) is 0 Å². The first-order chi connectivity index (χ1) is 9.16. The molecule has 0 radical (unpaired) electrons. The molecular formula is C17H20FN. The van der Waals surface area contributed by atoms with Crippen LogP contribution < -0.4 is 5.32 Å². The van der Waals surface area contributed by atoms with Crippen molar-refractivity contribution in [2.24, 2.45) is 0 Å². The number of hydrogen-bond donors (Lipinski definition) is 1. The second-order valence-corrected chi connectivity index (χ2v) is 4.93. The molecule has 0 saturated carbocycles. The summed E-state index contributed by atoms with van der Waals surface area (Å²) in [7, 11) is 0. The fourth-order valence-corrected chi connectivity index (χ4v) is 2.27. The highest BCUT2D eigenvalue weighted by Gasteiger charge is 2.01. The van der Waals surface area contributed by atoms with Gasteiger partial charge in [-0.1, -0.05) is 30.3 Å². The molecule has 19 heavy (non-hydrogen) atoms. The van der Waals surface area contributed by atoms with Gasteiger partial charge >= 0.3 is 0 Å². The van der Waals surface area contributed by atoms with Gasteiger partial charge in [-0.05, 0) is 61.2 Å². The van der Waals surface area contributed by atoms with E-state index >= 15 is 0 Å². The SMILES string of the molecule is Cc1cccc(C)c1CNCCc1cccc(F)c1. The van der Waals surface area contributed by atoms with Gasteiger partial charge in [0, 0.05) is 6.54 Å². The molecule has 0 amide bonds. The number of rotatable bonds is 5. The molecule has 0 spiro atoms. The second-order valence-electron chi connectivity index (χ2n) is 4.93. The van der Waals surface area contributed by atoms with Gasteiger partial charge in [0.05, 0.1) is 0 Å². The van der Waals surface area contributed by atoms with E-state index in [4.69, 9.17) is 0 Å². The van der Waals surface area contributed by atoms with Crippen LogP contribution in [0.5, 0.6) is 0 Å². The van der Waals surface area contributed by atoms with Crippen LogP contribution in [0.15, 0.2) is 42.5 Å². The van der Waals surface area contributed by atoms with Gasteiger partial charge in [0.1, 0.15) is 5.82 Å². The molecule has 1 nitrogen and oxygen atoms in total. The second kappa shape index (κ2) is 6.48. The van der Waals surface area contributed by atoms with Gasteiger partial charge in [-0.15, -0.1) is 0 Å². The van der Waals surface area contributed by atoms with Gasteiger partial charge in [0.15, 0.2) is 0 Å². The third kappa shape index (κ3) is 3.90. The van der Waals surface area contributed by atoms with Gasteiger partial charge in [-0.3, -0.25) is 0 Å². The summed E-state index contributed by atoms with van der Waals surface area (Å²) < 4.78 is 13.0. The summed E-state index contributed by atoms with van der Waals surface area (Å²) in [6.07, 6.45) is 0.850. The fourth-order valence-electron chi connectivity index (χ4n) is 2.27. The van der Waals surface area contributed by atoms with Gasteiger partial charge in [-0.25, -0.2) is 4.39 Å². The molecule has 2 aromatic rings. The zero-order valence-corrected chi connectivity index (χ0v) is 11.5. The molecular weight excluding hydrogens is 237 g/mol. The lowest BCUT2D eigenvalue weighted by Gasteiger charge is -2.11. The first-order valence-electron chi connectivity index (χ1n) is 6.67. The van der Waals surface area contributed by atoms with E-state index in [0.29, 0.717) is 0 Å². The normalized spacial score (nSPS) is 10.7. The smallest absolute Gasteiger partial charge is 0.123 e. The Hall–Kier alpha value is -1.67. The van der Waals surface area contributed by atoms with Crippen LogP contribution in [0.1, 0.15) is 22.3 Å². The lowest BCUT2D eigenvalue weighted by molar-refractivity contribution is 0.622. The summed E-state index contributed by atoms with van der Waals surface area (Å²) in [4.78, 5) is 0. The Morgan fingerprint density at radius 2 is 1.68 bits per heavy atom. The minimum absolute atomic E-state index is 0.160. The molecule has 2 rings (SSSR count). The number of aryl methyl sites for hydroxylation is 2. The quantitative estimate of drug-likeness (QED) is 0.804. The van der Waals surface area contributed by atoms with Crippen LogP contribution in [0.25, 0.3) is 0 Å². The molecule has 2 aromatic carbocycles. The van der Waals surface area contributed by atoms with E-state index in [-0.39, 0.29) is 5.82 Å². The van der Waals surface area contributed by atoms with E-state index in [1.165, 1.54) is 22.8 Å². The molecule has 0 atom stereocenters. The van der Waals surface area contributed by atoms with Gasteiger partial charge in [0.25, 0.3) is 0 Å². The average molecular weight is 257 g/mol. The molecule has 100 valence electrons. The molecule has 0 bridgehead atoms. The summed E-state index contributed by atoms with van der Waals surface area (Å²) in [6, 6.07) is 13.2. The van der Waals surface area contributed by atoms with E-state index in [9.17, 15) is 4.39 Å². The Labute approximate surface area is 114 Å². The summed E-state index contributed by atoms with van der Waals surface area (Å²) in [5, 5.41) is 3.43. The molecule has 0 aliphatic rings. The van der Waals surface area contributed by atoms with Crippen LogP contribution >= 0.6 is 0 Å². The number of nitrogens with one attached hydrogen (secondary N) is 1. The van der Waals surface area contributed by atoms with Crippen LogP contribution in [0, 0.1) is 19.7 Å². The molecule has 0 heterocycles. The van der Waals surface area contributed by atoms with Crippen molar-refractivity contribution >= 4 is 0 Å². The summed E-state index contributed by atoms with van der Waals surface area (Å²) >= 11 is 0. The average Bonchev–Trinajstić information content (AvgIpc) is 2.37. The highest BCUT2D eigenvalue weighted by Crippen LogP contribution is 2.12. The maximum absolute atomic E-state index is 13.0. The Kier molecular flexibility index (Phi) is 4.69. The van der Waals surface area contributed by atoms with Crippen LogP contribution in [0.2, 0.25) is 0 Å². The largest absolute Gasteiger partial charge is 0.312 e. The van der Waals surface area contributed by atoms with Crippen molar-refractivity contribution in [2.45, 2.75) is 26.8 Å². The van der Waals surface area contributed by atoms with E-state index in [1.54, 1.807) is 12.1 Å². The summed E-state index contributed by atoms with van der Waals surface area (Å²) in [5.41, 5.74) is 5.03. The van der Waals surface area contributed by atoms with Crippen LogP contribution in [-0.2, 0) is 13.0 Å². The lowest BCUT2D eigenvalue weighted by Crippen LogP contribution is -2.18. The molecule has 0 fully saturated rings.